The van der Waals surface area contributed by atoms with E-state index in [9.17, 15) is 9.18 Å². The summed E-state index contributed by atoms with van der Waals surface area (Å²) in [4.78, 5) is 14.0. The first-order chi connectivity index (χ1) is 11.6. The van der Waals surface area contributed by atoms with Crippen LogP contribution in [0.3, 0.4) is 0 Å². The number of amides is 1. The molecule has 0 aliphatic rings. The number of nitrogens with zero attached hydrogens (tertiary/aromatic N) is 1. The van der Waals surface area contributed by atoms with Crippen LogP contribution in [0.4, 0.5) is 4.39 Å². The minimum absolute atomic E-state index is 0.0363. The highest BCUT2D eigenvalue weighted by Gasteiger charge is 2.15. The van der Waals surface area contributed by atoms with E-state index in [2.05, 4.69) is 17.4 Å². The maximum Gasteiger partial charge on any atom is 0.220 e. The Morgan fingerprint density at radius 3 is 2.54 bits per heavy atom. The van der Waals surface area contributed by atoms with Crippen molar-refractivity contribution in [2.24, 2.45) is 0 Å². The van der Waals surface area contributed by atoms with Crippen LogP contribution < -0.4 is 5.32 Å². The van der Waals surface area contributed by atoms with Crippen molar-refractivity contribution in [3.63, 3.8) is 0 Å². The average molecular weight is 328 g/mol. The number of carbonyl (C=O) groups is 1. The second kappa shape index (κ2) is 9.18. The molecule has 0 saturated heterocycles. The molecule has 0 heterocycles. The van der Waals surface area contributed by atoms with Crippen molar-refractivity contribution in [1.82, 2.24) is 10.2 Å². The highest BCUT2D eigenvalue weighted by molar-refractivity contribution is 5.75. The van der Waals surface area contributed by atoms with Gasteiger partial charge in [-0.1, -0.05) is 42.5 Å². The minimum Gasteiger partial charge on any atom is -0.354 e. The Labute approximate surface area is 143 Å². The van der Waals surface area contributed by atoms with Crippen molar-refractivity contribution in [1.29, 1.82) is 0 Å². The number of hydrogen-bond acceptors (Lipinski definition) is 2. The Kier molecular flexibility index (Phi) is 6.94. The molecule has 1 amide bonds. The molecule has 0 spiro atoms. The molecule has 1 unspecified atom stereocenters. The summed E-state index contributed by atoms with van der Waals surface area (Å²) in [6.45, 7) is 0.473. The smallest absolute Gasteiger partial charge is 0.220 e. The highest BCUT2D eigenvalue weighted by atomic mass is 19.1. The summed E-state index contributed by atoms with van der Waals surface area (Å²) >= 11 is 0. The van der Waals surface area contributed by atoms with Gasteiger partial charge in [0.2, 0.25) is 5.91 Å². The number of hydrogen-bond donors (Lipinski definition) is 1. The van der Waals surface area contributed by atoms with E-state index in [0.29, 0.717) is 13.0 Å². The molecule has 2 aromatic carbocycles. The van der Waals surface area contributed by atoms with Crippen LogP contribution in [-0.4, -0.2) is 31.4 Å². The van der Waals surface area contributed by atoms with Crippen LogP contribution in [0.15, 0.2) is 54.6 Å². The summed E-state index contributed by atoms with van der Waals surface area (Å²) in [5.41, 5.74) is 2.11. The predicted molar refractivity (Wildman–Crippen MR) is 95.2 cm³/mol. The first-order valence-corrected chi connectivity index (χ1v) is 8.29. The van der Waals surface area contributed by atoms with Gasteiger partial charge in [-0.2, -0.15) is 0 Å². The van der Waals surface area contributed by atoms with Gasteiger partial charge in [0, 0.05) is 13.0 Å². The molecule has 24 heavy (non-hydrogen) atoms. The van der Waals surface area contributed by atoms with Crippen LogP contribution in [0, 0.1) is 5.82 Å². The zero-order valence-corrected chi connectivity index (χ0v) is 14.3. The quantitative estimate of drug-likeness (QED) is 0.803. The number of benzene rings is 2. The van der Waals surface area contributed by atoms with Crippen molar-refractivity contribution in [2.75, 3.05) is 20.6 Å². The zero-order valence-electron chi connectivity index (χ0n) is 14.3. The second-order valence-electron chi connectivity index (χ2n) is 6.18. The van der Waals surface area contributed by atoms with Gasteiger partial charge in [-0.05, 0) is 50.2 Å². The minimum atomic E-state index is -0.256. The van der Waals surface area contributed by atoms with Gasteiger partial charge < -0.3 is 10.2 Å². The fourth-order valence-corrected chi connectivity index (χ4v) is 2.71. The molecule has 0 bridgehead atoms. The van der Waals surface area contributed by atoms with Gasteiger partial charge in [0.15, 0.2) is 0 Å². The zero-order chi connectivity index (χ0) is 17.4. The van der Waals surface area contributed by atoms with Crippen LogP contribution in [0.2, 0.25) is 0 Å². The van der Waals surface area contributed by atoms with Crippen LogP contribution in [0.1, 0.15) is 30.0 Å². The largest absolute Gasteiger partial charge is 0.354 e. The molecule has 4 heteroatoms. The number of nitrogens with one attached hydrogen (secondary N) is 1. The van der Waals surface area contributed by atoms with Crippen molar-refractivity contribution >= 4 is 5.91 Å². The van der Waals surface area contributed by atoms with E-state index < -0.39 is 0 Å². The van der Waals surface area contributed by atoms with Gasteiger partial charge in [0.1, 0.15) is 5.82 Å². The Morgan fingerprint density at radius 1 is 1.12 bits per heavy atom. The molecule has 0 aliphatic heterocycles. The monoisotopic (exact) mass is 328 g/mol. The van der Waals surface area contributed by atoms with Gasteiger partial charge in [-0.15, -0.1) is 0 Å². The molecule has 1 N–H and O–H groups in total. The number of aryl methyl sites for hydroxylation is 1. The van der Waals surface area contributed by atoms with E-state index in [1.807, 2.05) is 43.3 Å². The third-order valence-electron chi connectivity index (χ3n) is 4.06. The molecule has 2 aromatic rings. The Balaban J connectivity index is 1.80. The number of likely N-dealkylation sites (N-methyl/N-ethyl adjacent to an activating group) is 1. The Morgan fingerprint density at radius 2 is 1.88 bits per heavy atom. The van der Waals surface area contributed by atoms with Crippen molar-refractivity contribution in [3.05, 3.63) is 71.5 Å². The Bertz CT molecular complexity index is 643. The van der Waals surface area contributed by atoms with Crippen LogP contribution in [-0.2, 0) is 11.2 Å². The first-order valence-electron chi connectivity index (χ1n) is 8.29. The normalized spacial score (nSPS) is 12.2. The van der Waals surface area contributed by atoms with Crippen LogP contribution in [0.25, 0.3) is 0 Å². The molecule has 2 rings (SSSR count). The topological polar surface area (TPSA) is 32.3 Å². The maximum absolute atomic E-state index is 13.4. The number of halogens is 1. The van der Waals surface area contributed by atoms with Gasteiger partial charge in [-0.25, -0.2) is 4.39 Å². The lowest BCUT2D eigenvalue weighted by molar-refractivity contribution is -0.121. The van der Waals surface area contributed by atoms with Gasteiger partial charge in [0.05, 0.1) is 6.04 Å². The molecule has 0 saturated carbocycles. The SMILES string of the molecule is CN(C)C(CNC(=O)CCCc1ccccc1)c1cccc(F)c1. The lowest BCUT2D eigenvalue weighted by Crippen LogP contribution is -2.34. The average Bonchev–Trinajstić information content (AvgIpc) is 2.56. The van der Waals surface area contributed by atoms with Gasteiger partial charge in [0.25, 0.3) is 0 Å². The van der Waals surface area contributed by atoms with Crippen LogP contribution >= 0.6 is 0 Å². The maximum atomic E-state index is 13.4. The molecule has 0 aromatic heterocycles. The van der Waals surface area contributed by atoms with Crippen molar-refractivity contribution < 1.29 is 9.18 Å². The van der Waals surface area contributed by atoms with E-state index in [4.69, 9.17) is 0 Å². The summed E-state index contributed by atoms with van der Waals surface area (Å²) in [5.74, 6) is -0.220. The predicted octanol–water partition coefficient (Wildman–Crippen LogP) is 3.57. The van der Waals surface area contributed by atoms with E-state index in [1.54, 1.807) is 6.07 Å². The van der Waals surface area contributed by atoms with E-state index in [-0.39, 0.29) is 17.8 Å². The first kappa shape index (κ1) is 18.1. The van der Waals surface area contributed by atoms with E-state index in [0.717, 1.165) is 18.4 Å². The summed E-state index contributed by atoms with van der Waals surface area (Å²) in [5, 5.41) is 2.97. The van der Waals surface area contributed by atoms with E-state index >= 15 is 0 Å². The van der Waals surface area contributed by atoms with Crippen LogP contribution in [0.5, 0.6) is 0 Å². The Hall–Kier alpha value is -2.20. The highest BCUT2D eigenvalue weighted by Crippen LogP contribution is 2.18. The number of rotatable bonds is 8. The molecule has 0 aliphatic carbocycles. The lowest BCUT2D eigenvalue weighted by Gasteiger charge is -2.25. The molecular formula is C20H25FN2O. The summed E-state index contributed by atoms with van der Waals surface area (Å²) < 4.78 is 13.4. The lowest BCUT2D eigenvalue weighted by atomic mass is 10.1. The summed E-state index contributed by atoms with van der Waals surface area (Å²) in [6, 6.07) is 16.6. The van der Waals surface area contributed by atoms with Gasteiger partial charge >= 0.3 is 0 Å². The molecule has 128 valence electrons. The van der Waals surface area contributed by atoms with E-state index in [1.165, 1.54) is 17.7 Å². The molecule has 0 fully saturated rings. The summed E-state index contributed by atoms with van der Waals surface area (Å²) in [7, 11) is 3.86. The fourth-order valence-electron chi connectivity index (χ4n) is 2.71. The summed E-state index contributed by atoms with van der Waals surface area (Å²) in [6.07, 6.45) is 2.22. The molecule has 0 radical (unpaired) electrons. The standard InChI is InChI=1S/C20H25FN2O/c1-23(2)19(17-11-7-12-18(21)14-17)15-22-20(24)13-6-10-16-8-4-3-5-9-16/h3-5,7-9,11-12,14,19H,6,10,13,15H2,1-2H3,(H,22,24). The van der Waals surface area contributed by atoms with Crippen molar-refractivity contribution in [3.8, 4) is 0 Å². The molecule has 3 nitrogen and oxygen atoms in total. The third kappa shape index (κ3) is 5.78. The second-order valence-corrected chi connectivity index (χ2v) is 6.18. The number of carbonyl (C=O) groups excluding carboxylic acids is 1. The third-order valence-corrected chi connectivity index (χ3v) is 4.06. The molecule has 1 atom stereocenters. The van der Waals surface area contributed by atoms with Crippen molar-refractivity contribution in [2.45, 2.75) is 25.3 Å². The van der Waals surface area contributed by atoms with Gasteiger partial charge in [-0.3, -0.25) is 4.79 Å². The molecular weight excluding hydrogens is 303 g/mol. The fraction of sp³-hybridized carbons (Fsp3) is 0.350.